The van der Waals surface area contributed by atoms with E-state index in [2.05, 4.69) is 89.8 Å². The predicted octanol–water partition coefficient (Wildman–Crippen LogP) is 7.39. The Bertz CT molecular complexity index is 1380. The second kappa shape index (κ2) is 8.76. The quantitative estimate of drug-likeness (QED) is 0.279. The van der Waals surface area contributed by atoms with Crippen molar-refractivity contribution in [1.29, 1.82) is 0 Å². The predicted molar refractivity (Wildman–Crippen MR) is 136 cm³/mol. The molecular formula is C30H27NO2. The van der Waals surface area contributed by atoms with Crippen LogP contribution in [-0.2, 0) is 0 Å². The summed E-state index contributed by atoms with van der Waals surface area (Å²) >= 11 is 0. The first-order valence-electron chi connectivity index (χ1n) is 11.8. The van der Waals surface area contributed by atoms with Gasteiger partial charge in [0.2, 0.25) is 0 Å². The molecule has 1 saturated heterocycles. The lowest BCUT2D eigenvalue weighted by atomic mass is 9.95. The van der Waals surface area contributed by atoms with Gasteiger partial charge in [0.15, 0.2) is 0 Å². The Labute approximate surface area is 194 Å². The number of ether oxygens (including phenoxy) is 1. The smallest absolute Gasteiger partial charge is 0.143 e. The number of benzene rings is 4. The highest BCUT2D eigenvalue weighted by atomic mass is 16.5. The van der Waals surface area contributed by atoms with Gasteiger partial charge < -0.3 is 9.15 Å². The first kappa shape index (κ1) is 20.1. The monoisotopic (exact) mass is 433 g/mol. The normalized spacial score (nSPS) is 14.3. The van der Waals surface area contributed by atoms with Crippen molar-refractivity contribution in [3.05, 3.63) is 91.0 Å². The average molecular weight is 434 g/mol. The molecule has 3 nitrogen and oxygen atoms in total. The maximum Gasteiger partial charge on any atom is 0.143 e. The molecule has 0 unspecified atom stereocenters. The second-order valence-corrected chi connectivity index (χ2v) is 8.75. The zero-order valence-electron chi connectivity index (χ0n) is 18.7. The lowest BCUT2D eigenvalue weighted by Gasteiger charge is -2.15. The van der Waals surface area contributed by atoms with Crippen LogP contribution >= 0.6 is 0 Å². The number of furan rings is 1. The average Bonchev–Trinajstić information content (AvgIpc) is 3.53. The summed E-state index contributed by atoms with van der Waals surface area (Å²) in [5.41, 5.74) is 4.26. The zero-order chi connectivity index (χ0) is 22.0. The van der Waals surface area contributed by atoms with Gasteiger partial charge >= 0.3 is 0 Å². The van der Waals surface area contributed by atoms with Gasteiger partial charge in [-0.1, -0.05) is 72.8 Å². The fraction of sp³-hybridized carbons (Fsp3) is 0.200. The minimum absolute atomic E-state index is 0.730. The molecule has 2 heterocycles. The lowest BCUT2D eigenvalue weighted by molar-refractivity contribution is 0.238. The molecule has 3 heteroatoms. The van der Waals surface area contributed by atoms with Gasteiger partial charge in [0.05, 0.1) is 0 Å². The van der Waals surface area contributed by atoms with Gasteiger partial charge in [0.1, 0.15) is 23.7 Å². The van der Waals surface area contributed by atoms with Crippen LogP contribution in [0.3, 0.4) is 0 Å². The van der Waals surface area contributed by atoms with Crippen molar-refractivity contribution in [2.75, 3.05) is 26.2 Å². The van der Waals surface area contributed by atoms with Crippen molar-refractivity contribution in [2.45, 2.75) is 12.8 Å². The van der Waals surface area contributed by atoms with E-state index in [1.807, 2.05) is 6.07 Å². The first-order valence-corrected chi connectivity index (χ1v) is 11.8. The van der Waals surface area contributed by atoms with E-state index in [9.17, 15) is 0 Å². The summed E-state index contributed by atoms with van der Waals surface area (Å²) in [4.78, 5) is 2.48. The Morgan fingerprint density at radius 1 is 0.727 bits per heavy atom. The van der Waals surface area contributed by atoms with Gasteiger partial charge in [-0.2, -0.15) is 0 Å². The minimum Gasteiger partial charge on any atom is -0.492 e. The summed E-state index contributed by atoms with van der Waals surface area (Å²) < 4.78 is 12.5. The van der Waals surface area contributed by atoms with E-state index in [1.54, 1.807) is 0 Å². The van der Waals surface area contributed by atoms with E-state index in [-0.39, 0.29) is 0 Å². The van der Waals surface area contributed by atoms with E-state index in [1.165, 1.54) is 36.7 Å². The molecule has 1 aliphatic rings. The van der Waals surface area contributed by atoms with E-state index in [4.69, 9.17) is 9.15 Å². The Morgan fingerprint density at radius 2 is 1.48 bits per heavy atom. The minimum atomic E-state index is 0.730. The number of rotatable bonds is 6. The fourth-order valence-electron chi connectivity index (χ4n) is 4.95. The third-order valence-corrected chi connectivity index (χ3v) is 6.63. The molecule has 1 aliphatic heterocycles. The molecule has 33 heavy (non-hydrogen) atoms. The van der Waals surface area contributed by atoms with Gasteiger partial charge in [-0.25, -0.2) is 0 Å². The molecule has 164 valence electrons. The van der Waals surface area contributed by atoms with Crippen LogP contribution in [-0.4, -0.2) is 31.1 Å². The van der Waals surface area contributed by atoms with Crippen molar-refractivity contribution < 1.29 is 9.15 Å². The van der Waals surface area contributed by atoms with Gasteiger partial charge in [-0.15, -0.1) is 0 Å². The third kappa shape index (κ3) is 3.90. The summed E-state index contributed by atoms with van der Waals surface area (Å²) in [5, 5.41) is 3.59. The first-order chi connectivity index (χ1) is 16.4. The molecule has 0 spiro atoms. The highest BCUT2D eigenvalue weighted by Crippen LogP contribution is 2.44. The molecule has 0 radical (unpaired) electrons. The van der Waals surface area contributed by atoms with Gasteiger partial charge in [-0.05, 0) is 60.5 Å². The zero-order valence-corrected chi connectivity index (χ0v) is 18.7. The van der Waals surface area contributed by atoms with Gasteiger partial charge in [0, 0.05) is 23.1 Å². The van der Waals surface area contributed by atoms with Gasteiger partial charge in [-0.3, -0.25) is 4.90 Å². The molecule has 0 atom stereocenters. The number of hydrogen-bond acceptors (Lipinski definition) is 3. The van der Waals surface area contributed by atoms with Crippen molar-refractivity contribution in [1.82, 2.24) is 4.90 Å². The van der Waals surface area contributed by atoms with E-state index < -0.39 is 0 Å². The Kier molecular flexibility index (Phi) is 5.33. The number of likely N-dealkylation sites (tertiary alicyclic amines) is 1. The summed E-state index contributed by atoms with van der Waals surface area (Å²) in [7, 11) is 0. The Hall–Kier alpha value is -3.56. The van der Waals surface area contributed by atoms with Crippen LogP contribution in [0.1, 0.15) is 12.8 Å². The molecule has 1 fully saturated rings. The van der Waals surface area contributed by atoms with Crippen LogP contribution in [0.4, 0.5) is 0 Å². The maximum absolute atomic E-state index is 6.46. The SMILES string of the molecule is c1ccc(-c2oc3ccc4ccccc4c3c2-c2ccc(OCCN3CCCC3)cc2)cc1. The third-order valence-electron chi connectivity index (χ3n) is 6.63. The summed E-state index contributed by atoms with van der Waals surface area (Å²) in [6, 6.07) is 31.6. The summed E-state index contributed by atoms with van der Waals surface area (Å²) in [6.45, 7) is 4.13. The van der Waals surface area contributed by atoms with E-state index >= 15 is 0 Å². The van der Waals surface area contributed by atoms with Crippen molar-refractivity contribution >= 4 is 21.7 Å². The molecule has 0 amide bonds. The summed E-state index contributed by atoms with van der Waals surface area (Å²) in [5.74, 6) is 1.82. The molecule has 0 saturated carbocycles. The van der Waals surface area contributed by atoms with Crippen molar-refractivity contribution in [2.24, 2.45) is 0 Å². The largest absolute Gasteiger partial charge is 0.492 e. The highest BCUT2D eigenvalue weighted by molar-refractivity contribution is 6.16. The maximum atomic E-state index is 6.46. The Morgan fingerprint density at radius 3 is 2.30 bits per heavy atom. The second-order valence-electron chi connectivity index (χ2n) is 8.75. The van der Waals surface area contributed by atoms with Crippen molar-refractivity contribution in [3.8, 4) is 28.2 Å². The molecule has 4 aromatic carbocycles. The van der Waals surface area contributed by atoms with E-state index in [0.717, 1.165) is 52.3 Å². The Balaban J connectivity index is 1.40. The van der Waals surface area contributed by atoms with Crippen LogP contribution in [0.2, 0.25) is 0 Å². The molecule has 6 rings (SSSR count). The molecular weight excluding hydrogens is 406 g/mol. The number of fused-ring (bicyclic) bond motifs is 3. The molecule has 5 aromatic rings. The van der Waals surface area contributed by atoms with Crippen LogP contribution in [0.5, 0.6) is 5.75 Å². The standard InChI is InChI=1S/C30H27NO2/c1-2-9-24(10-3-1)30-28(29-26-11-5-4-8-22(26)14-17-27(29)33-30)23-12-15-25(16-13-23)32-21-20-31-18-6-7-19-31/h1-5,8-17H,6-7,18-21H2. The molecule has 1 aromatic heterocycles. The van der Waals surface area contributed by atoms with Crippen LogP contribution in [0.15, 0.2) is 95.4 Å². The van der Waals surface area contributed by atoms with E-state index in [0.29, 0.717) is 0 Å². The number of hydrogen-bond donors (Lipinski definition) is 0. The summed E-state index contributed by atoms with van der Waals surface area (Å²) in [6.07, 6.45) is 2.62. The molecule has 0 N–H and O–H groups in total. The fourth-order valence-corrected chi connectivity index (χ4v) is 4.95. The van der Waals surface area contributed by atoms with Crippen LogP contribution in [0, 0.1) is 0 Å². The topological polar surface area (TPSA) is 25.6 Å². The molecule has 0 bridgehead atoms. The lowest BCUT2D eigenvalue weighted by Crippen LogP contribution is -2.25. The van der Waals surface area contributed by atoms with Crippen molar-refractivity contribution in [3.63, 3.8) is 0 Å². The molecule has 0 aliphatic carbocycles. The number of nitrogens with zero attached hydrogens (tertiary/aromatic N) is 1. The van der Waals surface area contributed by atoms with Crippen LogP contribution in [0.25, 0.3) is 44.2 Å². The highest BCUT2D eigenvalue weighted by Gasteiger charge is 2.20. The van der Waals surface area contributed by atoms with Crippen LogP contribution < -0.4 is 4.74 Å². The van der Waals surface area contributed by atoms with Gasteiger partial charge in [0.25, 0.3) is 0 Å².